The molecule has 4 rings (SSSR count). The Morgan fingerprint density at radius 1 is 0.898 bits per heavy atom. The zero-order valence-electron chi connectivity index (χ0n) is 29.1. The standard InChI is InChI=1S/C33H47N3O10S2Si/c1-8-35(9-2)24-13-16-27-30(21-24)46-31-22-25(36(10-3)11-4)14-17-28(31)33(27)29-18-15-26(23-32(29)47(37,38)39)48(40,41,42)34-19-12-20-49(43-5,44-6)45-7/h13-18,21-23H,8-12,19-20H2,1-7H3,(H3-,34,37,38,39,40,41,42)/p+1. The summed E-state index contributed by atoms with van der Waals surface area (Å²) in [6, 6.07) is 14.8. The van der Waals surface area contributed by atoms with Crippen LogP contribution in [-0.4, -0.2) is 89.1 Å². The van der Waals surface area contributed by atoms with Crippen LogP contribution in [0.4, 0.5) is 5.69 Å². The summed E-state index contributed by atoms with van der Waals surface area (Å²) in [6.07, 6.45) is 0.219. The molecule has 1 aliphatic carbocycles. The van der Waals surface area contributed by atoms with Gasteiger partial charge in [-0.25, -0.2) is 13.5 Å². The summed E-state index contributed by atoms with van der Waals surface area (Å²) < 4.78 is 99.2. The van der Waals surface area contributed by atoms with Crippen LogP contribution in [0.25, 0.3) is 33.4 Å². The summed E-state index contributed by atoms with van der Waals surface area (Å²) in [5.74, 6) is 0.477. The SMILES string of the molecule is CCN(CC)c1ccc2c(-c3ccc(S(=O)(O)(O)NCCC[Si](OC)(OC)OC)cc3S(=O)(=O)O)c3ccc(=[N+](CC)CC)cc-3oc2c1. The molecule has 2 aromatic rings. The molecule has 13 nitrogen and oxygen atoms in total. The van der Waals surface area contributed by atoms with Gasteiger partial charge in [0.15, 0.2) is 9.81 Å². The number of nitrogens with one attached hydrogen (secondary N) is 1. The summed E-state index contributed by atoms with van der Waals surface area (Å²) in [7, 11) is -9.48. The normalized spacial score (nSPS) is 13.5. The van der Waals surface area contributed by atoms with E-state index in [0.29, 0.717) is 27.9 Å². The maximum Gasteiger partial charge on any atom is 0.500 e. The fourth-order valence-electron chi connectivity index (χ4n) is 6.08. The van der Waals surface area contributed by atoms with Crippen LogP contribution < -0.4 is 19.6 Å². The van der Waals surface area contributed by atoms with Gasteiger partial charge in [-0.3, -0.25) is 13.7 Å². The predicted octanol–water partition coefficient (Wildman–Crippen LogP) is 5.01. The van der Waals surface area contributed by atoms with Crippen LogP contribution in [0.5, 0.6) is 0 Å². The molecule has 0 amide bonds. The highest BCUT2D eigenvalue weighted by atomic mass is 32.3. The molecule has 0 fully saturated rings. The third kappa shape index (κ3) is 8.14. The third-order valence-electron chi connectivity index (χ3n) is 8.83. The Hall–Kier alpha value is -3.03. The van der Waals surface area contributed by atoms with Gasteiger partial charge < -0.3 is 22.6 Å². The highest BCUT2D eigenvalue weighted by Gasteiger charge is 2.39. The maximum absolute atomic E-state index is 13.6. The Morgan fingerprint density at radius 2 is 1.53 bits per heavy atom. The molecule has 1 heterocycles. The van der Waals surface area contributed by atoms with Gasteiger partial charge in [0.25, 0.3) is 10.1 Å². The van der Waals surface area contributed by atoms with Gasteiger partial charge in [-0.15, -0.1) is 0 Å². The molecule has 0 atom stereocenters. The monoisotopic (exact) mass is 738 g/mol. The number of rotatable bonds is 16. The molecule has 0 radical (unpaired) electrons. The number of hydrogen-bond acceptors (Lipinski definition) is 8. The fraction of sp³-hybridized carbons (Fsp3) is 0.424. The van der Waals surface area contributed by atoms with E-state index >= 15 is 0 Å². The first-order valence-corrected chi connectivity index (χ1v) is 21.4. The second kappa shape index (κ2) is 15.1. The molecule has 0 saturated carbocycles. The van der Waals surface area contributed by atoms with E-state index in [1.54, 1.807) is 0 Å². The summed E-state index contributed by atoms with van der Waals surface area (Å²) in [4.78, 5) is 0.856. The minimum atomic E-state index is -5.81. The first kappa shape index (κ1) is 38.8. The lowest BCUT2D eigenvalue weighted by molar-refractivity contribution is 0.123. The number of anilines is 1. The van der Waals surface area contributed by atoms with Crippen molar-refractivity contribution < 1.29 is 44.0 Å². The molecule has 1 aliphatic heterocycles. The zero-order chi connectivity index (χ0) is 36.2. The Morgan fingerprint density at radius 3 is 2.10 bits per heavy atom. The van der Waals surface area contributed by atoms with Gasteiger partial charge in [-0.1, -0.05) is 6.07 Å². The minimum Gasteiger partial charge on any atom is -0.456 e. The molecule has 2 aliphatic rings. The topological polar surface area (TPSA) is 171 Å². The highest BCUT2D eigenvalue weighted by Crippen LogP contribution is 2.44. The van der Waals surface area contributed by atoms with Crippen molar-refractivity contribution in [3.05, 3.63) is 60.0 Å². The van der Waals surface area contributed by atoms with Crippen molar-refractivity contribution in [2.45, 2.75) is 50.0 Å². The van der Waals surface area contributed by atoms with Gasteiger partial charge >= 0.3 is 8.80 Å². The first-order chi connectivity index (χ1) is 23.1. The van der Waals surface area contributed by atoms with Gasteiger partial charge in [0.2, 0.25) is 5.36 Å². The largest absolute Gasteiger partial charge is 0.500 e. The van der Waals surface area contributed by atoms with Gasteiger partial charge in [0.05, 0.1) is 11.0 Å². The van der Waals surface area contributed by atoms with Crippen LogP contribution in [0.2, 0.25) is 6.04 Å². The van der Waals surface area contributed by atoms with Gasteiger partial charge in [-0.2, -0.15) is 8.42 Å². The van der Waals surface area contributed by atoms with E-state index in [-0.39, 0.29) is 24.6 Å². The fourth-order valence-corrected chi connectivity index (χ4v) is 9.92. The molecular weight excluding hydrogens is 691 g/mol. The summed E-state index contributed by atoms with van der Waals surface area (Å²) in [5.41, 5.74) is 2.43. The van der Waals surface area contributed by atoms with Crippen LogP contribution in [0, 0.1) is 0 Å². The minimum absolute atomic E-state index is 0.0578. The molecule has 0 spiro atoms. The van der Waals surface area contributed by atoms with Crippen LogP contribution in [0.1, 0.15) is 34.1 Å². The first-order valence-electron chi connectivity index (χ1n) is 16.1. The Labute approximate surface area is 289 Å². The smallest absolute Gasteiger partial charge is 0.456 e. The summed E-state index contributed by atoms with van der Waals surface area (Å²) >= 11 is 0. The number of hydrogen-bond donors (Lipinski definition) is 4. The number of benzene rings is 3. The van der Waals surface area contributed by atoms with Crippen molar-refractivity contribution in [3.63, 3.8) is 0 Å². The van der Waals surface area contributed by atoms with Crippen molar-refractivity contribution in [2.75, 3.05) is 59.0 Å². The van der Waals surface area contributed by atoms with Crippen molar-refractivity contribution in [1.82, 2.24) is 9.30 Å². The maximum atomic E-state index is 13.6. The number of fused-ring (bicyclic) bond motifs is 2. The van der Waals surface area contributed by atoms with Gasteiger partial charge in [0, 0.05) is 86.9 Å². The lowest BCUT2D eigenvalue weighted by atomic mass is 9.93. The quantitative estimate of drug-likeness (QED) is 0.0401. The molecule has 270 valence electrons. The van der Waals surface area contributed by atoms with E-state index < -0.39 is 38.5 Å². The van der Waals surface area contributed by atoms with Crippen LogP contribution in [-0.2, 0) is 33.2 Å². The van der Waals surface area contributed by atoms with Gasteiger partial charge in [0.1, 0.15) is 29.3 Å². The average Bonchev–Trinajstić information content (AvgIpc) is 3.08. The predicted molar refractivity (Wildman–Crippen MR) is 194 cm³/mol. The molecule has 49 heavy (non-hydrogen) atoms. The third-order valence-corrected chi connectivity index (χ3v) is 14.4. The van der Waals surface area contributed by atoms with Crippen LogP contribution in [0.15, 0.2) is 68.8 Å². The van der Waals surface area contributed by atoms with Gasteiger partial charge in [-0.05, 0) is 64.4 Å². The second-order valence-electron chi connectivity index (χ2n) is 11.5. The molecule has 0 bridgehead atoms. The zero-order valence-corrected chi connectivity index (χ0v) is 31.7. The Kier molecular flexibility index (Phi) is 11.9. The Balaban J connectivity index is 1.94. The van der Waals surface area contributed by atoms with Crippen molar-refractivity contribution >= 4 is 45.4 Å². The average molecular weight is 739 g/mol. The molecule has 0 saturated heterocycles. The van der Waals surface area contributed by atoms with E-state index in [2.05, 4.69) is 14.2 Å². The second-order valence-corrected chi connectivity index (χ2v) is 18.4. The van der Waals surface area contributed by atoms with E-state index in [9.17, 15) is 26.3 Å². The Bertz CT molecular complexity index is 2000. The lowest BCUT2D eigenvalue weighted by Crippen LogP contribution is -2.48. The van der Waals surface area contributed by atoms with Crippen LogP contribution >= 0.6 is 0 Å². The van der Waals surface area contributed by atoms with E-state index in [4.69, 9.17) is 17.7 Å². The molecule has 2 aromatic carbocycles. The highest BCUT2D eigenvalue weighted by molar-refractivity contribution is 8.08. The summed E-state index contributed by atoms with van der Waals surface area (Å²) in [5, 5.41) is 1.47. The van der Waals surface area contributed by atoms with Crippen molar-refractivity contribution in [2.24, 2.45) is 0 Å². The van der Waals surface area contributed by atoms with Crippen LogP contribution in [0.3, 0.4) is 0 Å². The van der Waals surface area contributed by atoms with E-state index in [0.717, 1.165) is 43.3 Å². The molecule has 0 aromatic heterocycles. The summed E-state index contributed by atoms with van der Waals surface area (Å²) in [6.45, 7) is 11.0. The molecular formula is C33H48N3O10S2Si+. The molecule has 4 N–H and O–H groups in total. The lowest BCUT2D eigenvalue weighted by Gasteiger charge is -2.33. The molecule has 16 heteroatoms. The molecule has 0 unspecified atom stereocenters. The van der Waals surface area contributed by atoms with E-state index in [1.165, 1.54) is 33.5 Å². The van der Waals surface area contributed by atoms with Crippen molar-refractivity contribution in [1.29, 1.82) is 0 Å². The van der Waals surface area contributed by atoms with E-state index in [1.807, 2.05) is 64.1 Å². The number of nitrogens with zero attached hydrogens (tertiary/aromatic N) is 2. The van der Waals surface area contributed by atoms with Crippen molar-refractivity contribution in [3.8, 4) is 22.5 Å².